The summed E-state index contributed by atoms with van der Waals surface area (Å²) in [7, 11) is 1.76. The fourth-order valence-corrected chi connectivity index (χ4v) is 3.39. The SMILES string of the molecule is CCC(=O)N1CCC(NC(=NC)NCc2csc(C(C)C)n2)C1.I. The molecule has 0 bridgehead atoms. The van der Waals surface area contributed by atoms with Crippen LogP contribution in [-0.2, 0) is 11.3 Å². The van der Waals surface area contributed by atoms with Crippen LogP contribution >= 0.6 is 35.3 Å². The normalized spacial score (nSPS) is 17.8. The zero-order valence-corrected chi connectivity index (χ0v) is 18.0. The van der Waals surface area contributed by atoms with E-state index >= 15 is 0 Å². The van der Waals surface area contributed by atoms with Crippen molar-refractivity contribution in [2.75, 3.05) is 20.1 Å². The lowest BCUT2D eigenvalue weighted by Crippen LogP contribution is -2.44. The summed E-state index contributed by atoms with van der Waals surface area (Å²) in [5.74, 6) is 1.45. The summed E-state index contributed by atoms with van der Waals surface area (Å²) in [4.78, 5) is 22.5. The molecule has 1 fully saturated rings. The lowest BCUT2D eigenvalue weighted by molar-refractivity contribution is -0.129. The van der Waals surface area contributed by atoms with Gasteiger partial charge < -0.3 is 15.5 Å². The van der Waals surface area contributed by atoms with E-state index in [0.29, 0.717) is 18.9 Å². The molecular formula is C16H28IN5OS. The summed E-state index contributed by atoms with van der Waals surface area (Å²) in [5.41, 5.74) is 1.04. The molecule has 0 spiro atoms. The highest BCUT2D eigenvalue weighted by Gasteiger charge is 2.25. The number of aromatic nitrogens is 1. The van der Waals surface area contributed by atoms with Crippen LogP contribution in [0.1, 0.15) is 50.2 Å². The van der Waals surface area contributed by atoms with E-state index in [0.717, 1.165) is 36.2 Å². The second-order valence-corrected chi connectivity index (χ2v) is 6.97. The van der Waals surface area contributed by atoms with Crippen molar-refractivity contribution in [1.82, 2.24) is 20.5 Å². The number of rotatable bonds is 5. The van der Waals surface area contributed by atoms with Crippen molar-refractivity contribution in [1.29, 1.82) is 0 Å². The molecule has 1 aliphatic heterocycles. The van der Waals surface area contributed by atoms with Crippen molar-refractivity contribution >= 4 is 47.2 Å². The maximum absolute atomic E-state index is 11.7. The van der Waals surface area contributed by atoms with Crippen LogP contribution in [0.4, 0.5) is 0 Å². The Morgan fingerprint density at radius 3 is 2.88 bits per heavy atom. The molecular weight excluding hydrogens is 437 g/mol. The summed E-state index contributed by atoms with van der Waals surface area (Å²) in [6.07, 6.45) is 1.53. The van der Waals surface area contributed by atoms with E-state index in [1.165, 1.54) is 0 Å². The topological polar surface area (TPSA) is 69.6 Å². The highest BCUT2D eigenvalue weighted by molar-refractivity contribution is 14.0. The monoisotopic (exact) mass is 465 g/mol. The standard InChI is InChI=1S/C16H27N5OS.HI/c1-5-14(22)21-7-6-12(9-21)20-16(17-4)18-8-13-10-23-15(19-13)11(2)3;/h10-12H,5-9H2,1-4H3,(H2,17,18,20);1H. The fourth-order valence-electron chi connectivity index (χ4n) is 2.56. The minimum atomic E-state index is 0. The number of carbonyl (C=O) groups excluding carboxylic acids is 1. The third kappa shape index (κ3) is 5.87. The quantitative estimate of drug-likeness (QED) is 0.399. The zero-order chi connectivity index (χ0) is 16.8. The number of aliphatic imine (C=N–C) groups is 1. The third-order valence-corrected chi connectivity index (χ3v) is 5.10. The number of nitrogens with one attached hydrogen (secondary N) is 2. The molecule has 136 valence electrons. The van der Waals surface area contributed by atoms with Crippen LogP contribution in [-0.4, -0.2) is 47.9 Å². The Kier molecular flexibility index (Phi) is 8.96. The van der Waals surface area contributed by atoms with Gasteiger partial charge in [0.15, 0.2) is 5.96 Å². The number of guanidine groups is 1. The Hall–Kier alpha value is -0.900. The Morgan fingerprint density at radius 1 is 1.54 bits per heavy atom. The van der Waals surface area contributed by atoms with Crippen LogP contribution in [0.3, 0.4) is 0 Å². The first-order chi connectivity index (χ1) is 11.0. The first kappa shape index (κ1) is 21.1. The number of hydrogen-bond donors (Lipinski definition) is 2. The Bertz CT molecular complexity index is 560. The molecule has 0 aromatic carbocycles. The van der Waals surface area contributed by atoms with E-state index in [4.69, 9.17) is 0 Å². The number of carbonyl (C=O) groups is 1. The molecule has 8 heteroatoms. The first-order valence-corrected chi connectivity index (χ1v) is 9.10. The molecule has 2 heterocycles. The zero-order valence-electron chi connectivity index (χ0n) is 14.8. The van der Waals surface area contributed by atoms with E-state index in [9.17, 15) is 4.79 Å². The highest BCUT2D eigenvalue weighted by Crippen LogP contribution is 2.19. The van der Waals surface area contributed by atoms with Gasteiger partial charge in [-0.2, -0.15) is 0 Å². The van der Waals surface area contributed by atoms with Gasteiger partial charge in [0.1, 0.15) is 0 Å². The minimum Gasteiger partial charge on any atom is -0.352 e. The number of amides is 1. The van der Waals surface area contributed by atoms with Crippen LogP contribution in [0.5, 0.6) is 0 Å². The highest BCUT2D eigenvalue weighted by atomic mass is 127. The van der Waals surface area contributed by atoms with Crippen molar-refractivity contribution in [2.24, 2.45) is 4.99 Å². The lowest BCUT2D eigenvalue weighted by Gasteiger charge is -2.18. The van der Waals surface area contributed by atoms with Crippen LogP contribution in [0.15, 0.2) is 10.4 Å². The lowest BCUT2D eigenvalue weighted by atomic mass is 10.2. The first-order valence-electron chi connectivity index (χ1n) is 8.22. The van der Waals surface area contributed by atoms with Crippen molar-refractivity contribution < 1.29 is 4.79 Å². The molecule has 24 heavy (non-hydrogen) atoms. The molecule has 2 rings (SSSR count). The number of likely N-dealkylation sites (tertiary alicyclic amines) is 1. The average molecular weight is 465 g/mol. The molecule has 2 N–H and O–H groups in total. The molecule has 1 aromatic rings. The second kappa shape index (κ2) is 10.2. The molecule has 0 saturated carbocycles. The molecule has 1 atom stereocenters. The van der Waals surface area contributed by atoms with Gasteiger partial charge >= 0.3 is 0 Å². The van der Waals surface area contributed by atoms with Crippen LogP contribution < -0.4 is 10.6 Å². The van der Waals surface area contributed by atoms with Gasteiger partial charge in [-0.25, -0.2) is 4.98 Å². The molecule has 1 aliphatic rings. The predicted octanol–water partition coefficient (Wildman–Crippen LogP) is 2.56. The van der Waals surface area contributed by atoms with Crippen LogP contribution in [0.25, 0.3) is 0 Å². The number of thiazole rings is 1. The molecule has 1 unspecified atom stereocenters. The van der Waals surface area contributed by atoms with Crippen molar-refractivity contribution in [3.05, 3.63) is 16.1 Å². The van der Waals surface area contributed by atoms with E-state index < -0.39 is 0 Å². The van der Waals surface area contributed by atoms with Gasteiger partial charge in [0.2, 0.25) is 5.91 Å². The molecule has 1 amide bonds. The smallest absolute Gasteiger partial charge is 0.222 e. The maximum atomic E-state index is 11.7. The third-order valence-electron chi connectivity index (χ3n) is 3.91. The average Bonchev–Trinajstić information content (AvgIpc) is 3.19. The summed E-state index contributed by atoms with van der Waals surface area (Å²) < 4.78 is 0. The van der Waals surface area contributed by atoms with Crippen LogP contribution in [0.2, 0.25) is 0 Å². The van der Waals surface area contributed by atoms with E-state index in [1.54, 1.807) is 18.4 Å². The number of halogens is 1. The van der Waals surface area contributed by atoms with E-state index in [1.807, 2.05) is 11.8 Å². The van der Waals surface area contributed by atoms with Gasteiger partial charge in [-0.15, -0.1) is 35.3 Å². The molecule has 1 saturated heterocycles. The number of nitrogens with zero attached hydrogens (tertiary/aromatic N) is 3. The second-order valence-electron chi connectivity index (χ2n) is 6.08. The van der Waals surface area contributed by atoms with Gasteiger partial charge in [0, 0.05) is 43.9 Å². The molecule has 0 radical (unpaired) electrons. The van der Waals surface area contributed by atoms with Gasteiger partial charge in [-0.1, -0.05) is 20.8 Å². The predicted molar refractivity (Wildman–Crippen MR) is 110 cm³/mol. The summed E-state index contributed by atoms with van der Waals surface area (Å²) in [6.45, 7) is 8.45. The minimum absolute atomic E-state index is 0. The number of hydrogen-bond acceptors (Lipinski definition) is 4. The largest absolute Gasteiger partial charge is 0.352 e. The van der Waals surface area contributed by atoms with Crippen molar-refractivity contribution in [3.63, 3.8) is 0 Å². The van der Waals surface area contributed by atoms with E-state index in [2.05, 4.69) is 39.8 Å². The van der Waals surface area contributed by atoms with Crippen molar-refractivity contribution in [2.45, 2.75) is 52.1 Å². The maximum Gasteiger partial charge on any atom is 0.222 e. The van der Waals surface area contributed by atoms with Crippen LogP contribution in [0, 0.1) is 0 Å². The Morgan fingerprint density at radius 2 is 2.29 bits per heavy atom. The van der Waals surface area contributed by atoms with E-state index in [-0.39, 0.29) is 35.9 Å². The summed E-state index contributed by atoms with van der Waals surface area (Å²) in [5, 5.41) is 9.95. The van der Waals surface area contributed by atoms with Crippen molar-refractivity contribution in [3.8, 4) is 0 Å². The van der Waals surface area contributed by atoms with Gasteiger partial charge in [0.05, 0.1) is 17.2 Å². The van der Waals surface area contributed by atoms with Gasteiger partial charge in [0.25, 0.3) is 0 Å². The Balaban J connectivity index is 0.00000288. The van der Waals surface area contributed by atoms with Gasteiger partial charge in [-0.3, -0.25) is 9.79 Å². The summed E-state index contributed by atoms with van der Waals surface area (Å²) in [6, 6.07) is 0.262. The molecule has 6 nitrogen and oxygen atoms in total. The summed E-state index contributed by atoms with van der Waals surface area (Å²) >= 11 is 1.70. The molecule has 0 aliphatic carbocycles. The fraction of sp³-hybridized carbons (Fsp3) is 0.688. The molecule has 1 aromatic heterocycles. The van der Waals surface area contributed by atoms with Gasteiger partial charge in [-0.05, 0) is 6.42 Å². The Labute approximate surface area is 165 Å².